The van der Waals surface area contributed by atoms with Crippen LogP contribution in [0, 0.1) is 5.92 Å². The van der Waals surface area contributed by atoms with Gasteiger partial charge in [0.05, 0.1) is 19.4 Å². The molecule has 0 radical (unpaired) electrons. The summed E-state index contributed by atoms with van der Waals surface area (Å²) in [6, 6.07) is -0.0651. The Balaban J connectivity index is 2.53. The zero-order valence-electron chi connectivity index (χ0n) is 13.3. The predicted molar refractivity (Wildman–Crippen MR) is 77.7 cm³/mol. The van der Waals surface area contributed by atoms with Gasteiger partial charge in [0.1, 0.15) is 0 Å². The minimum Gasteiger partial charge on any atom is -0.469 e. The molecule has 0 aromatic rings. The van der Waals surface area contributed by atoms with Gasteiger partial charge in [-0.05, 0) is 12.8 Å². The van der Waals surface area contributed by atoms with Gasteiger partial charge in [-0.2, -0.15) is 0 Å². The molecule has 0 aliphatic carbocycles. The first-order valence-corrected chi connectivity index (χ1v) is 7.14. The molecular formula is C14H25N3O4. The first-order chi connectivity index (χ1) is 9.86. The molecule has 7 nitrogen and oxygen atoms in total. The third kappa shape index (κ3) is 4.91. The second-order valence-corrected chi connectivity index (χ2v) is 5.55. The SMILES string of the molecule is COC(=O)CCN(C)C(=O)C1CCCN(C(=O)N(C)C)C1. The lowest BCUT2D eigenvalue weighted by atomic mass is 9.97. The fourth-order valence-electron chi connectivity index (χ4n) is 2.42. The lowest BCUT2D eigenvalue weighted by Gasteiger charge is -2.35. The van der Waals surface area contributed by atoms with Crippen LogP contribution in [-0.4, -0.2) is 80.5 Å². The molecule has 1 aliphatic heterocycles. The van der Waals surface area contributed by atoms with Crippen LogP contribution >= 0.6 is 0 Å². The van der Waals surface area contributed by atoms with Gasteiger partial charge < -0.3 is 19.4 Å². The summed E-state index contributed by atoms with van der Waals surface area (Å²) in [7, 11) is 6.42. The van der Waals surface area contributed by atoms with Crippen molar-refractivity contribution >= 4 is 17.9 Å². The molecule has 1 heterocycles. The average Bonchev–Trinajstić information content (AvgIpc) is 2.50. The fourth-order valence-corrected chi connectivity index (χ4v) is 2.42. The number of nitrogens with zero attached hydrogens (tertiary/aromatic N) is 3. The Morgan fingerprint density at radius 3 is 2.48 bits per heavy atom. The molecule has 0 aromatic carbocycles. The first-order valence-electron chi connectivity index (χ1n) is 7.14. The largest absolute Gasteiger partial charge is 0.469 e. The Labute approximate surface area is 125 Å². The second-order valence-electron chi connectivity index (χ2n) is 5.55. The smallest absolute Gasteiger partial charge is 0.319 e. The molecule has 0 aromatic heterocycles. The Morgan fingerprint density at radius 2 is 1.90 bits per heavy atom. The minimum absolute atomic E-state index is 0.0184. The van der Waals surface area contributed by atoms with E-state index in [4.69, 9.17) is 0 Å². The van der Waals surface area contributed by atoms with Crippen molar-refractivity contribution in [1.29, 1.82) is 0 Å². The second kappa shape index (κ2) is 7.85. The summed E-state index contributed by atoms with van der Waals surface area (Å²) in [4.78, 5) is 40.2. The normalized spacial score (nSPS) is 18.1. The summed E-state index contributed by atoms with van der Waals surface area (Å²) in [6.07, 6.45) is 1.78. The van der Waals surface area contributed by atoms with Gasteiger partial charge in [0.15, 0.2) is 0 Å². The Kier molecular flexibility index (Phi) is 6.45. The fraction of sp³-hybridized carbons (Fsp3) is 0.786. The van der Waals surface area contributed by atoms with Gasteiger partial charge in [0.25, 0.3) is 0 Å². The van der Waals surface area contributed by atoms with Crippen LogP contribution in [0.2, 0.25) is 0 Å². The average molecular weight is 299 g/mol. The molecule has 3 amide bonds. The van der Waals surface area contributed by atoms with Crippen molar-refractivity contribution in [1.82, 2.24) is 14.7 Å². The monoisotopic (exact) mass is 299 g/mol. The standard InChI is InChI=1S/C14H25N3O4/c1-15(2)14(20)17-8-5-6-11(10-17)13(19)16(3)9-7-12(18)21-4/h11H,5-10H2,1-4H3. The summed E-state index contributed by atoms with van der Waals surface area (Å²) < 4.78 is 4.57. The van der Waals surface area contributed by atoms with Crippen LogP contribution in [-0.2, 0) is 14.3 Å². The molecule has 0 saturated carbocycles. The number of esters is 1. The van der Waals surface area contributed by atoms with E-state index in [1.807, 2.05) is 0 Å². The summed E-state index contributed by atoms with van der Waals surface area (Å²) in [5.74, 6) is -0.539. The molecule has 0 bridgehead atoms. The van der Waals surface area contributed by atoms with E-state index in [9.17, 15) is 14.4 Å². The highest BCUT2D eigenvalue weighted by Crippen LogP contribution is 2.19. The molecule has 1 aliphatic rings. The van der Waals surface area contributed by atoms with Gasteiger partial charge >= 0.3 is 12.0 Å². The zero-order chi connectivity index (χ0) is 16.0. The Bertz CT molecular complexity index is 398. The van der Waals surface area contributed by atoms with E-state index >= 15 is 0 Å². The quantitative estimate of drug-likeness (QED) is 0.705. The van der Waals surface area contributed by atoms with Crippen molar-refractivity contribution in [3.05, 3.63) is 0 Å². The van der Waals surface area contributed by atoms with Crippen molar-refractivity contribution in [3.63, 3.8) is 0 Å². The molecule has 21 heavy (non-hydrogen) atoms. The first kappa shape index (κ1) is 17.3. The lowest BCUT2D eigenvalue weighted by Crippen LogP contribution is -2.49. The number of rotatable bonds is 4. The minimum atomic E-state index is -0.331. The van der Waals surface area contributed by atoms with Crippen LogP contribution in [0.15, 0.2) is 0 Å². The van der Waals surface area contributed by atoms with Crippen molar-refractivity contribution in [3.8, 4) is 0 Å². The highest BCUT2D eigenvalue weighted by molar-refractivity contribution is 5.81. The van der Waals surface area contributed by atoms with Crippen LogP contribution in [0.3, 0.4) is 0 Å². The third-order valence-corrected chi connectivity index (χ3v) is 3.68. The topological polar surface area (TPSA) is 70.2 Å². The van der Waals surface area contributed by atoms with Crippen LogP contribution in [0.5, 0.6) is 0 Å². The van der Waals surface area contributed by atoms with Crippen LogP contribution in [0.4, 0.5) is 4.79 Å². The number of ether oxygens (including phenoxy) is 1. The molecule has 1 saturated heterocycles. The van der Waals surface area contributed by atoms with Gasteiger partial charge in [-0.1, -0.05) is 0 Å². The van der Waals surface area contributed by atoms with E-state index in [1.54, 1.807) is 30.9 Å². The molecule has 120 valence electrons. The molecule has 7 heteroatoms. The van der Waals surface area contributed by atoms with E-state index in [0.29, 0.717) is 19.6 Å². The molecule has 1 fully saturated rings. The van der Waals surface area contributed by atoms with Crippen molar-refractivity contribution in [2.45, 2.75) is 19.3 Å². The van der Waals surface area contributed by atoms with Crippen molar-refractivity contribution in [2.24, 2.45) is 5.92 Å². The molecule has 0 spiro atoms. The number of hydrogen-bond donors (Lipinski definition) is 0. The zero-order valence-corrected chi connectivity index (χ0v) is 13.3. The summed E-state index contributed by atoms with van der Waals surface area (Å²) in [5, 5.41) is 0. The number of hydrogen-bond acceptors (Lipinski definition) is 4. The van der Waals surface area contributed by atoms with E-state index in [2.05, 4.69) is 4.74 Å². The van der Waals surface area contributed by atoms with E-state index in [1.165, 1.54) is 12.0 Å². The molecular weight excluding hydrogens is 274 g/mol. The Morgan fingerprint density at radius 1 is 1.24 bits per heavy atom. The maximum absolute atomic E-state index is 12.4. The number of urea groups is 1. The number of likely N-dealkylation sites (tertiary alicyclic amines) is 1. The van der Waals surface area contributed by atoms with Crippen molar-refractivity contribution in [2.75, 3.05) is 47.9 Å². The Hall–Kier alpha value is -1.79. The van der Waals surface area contributed by atoms with Crippen LogP contribution in [0.1, 0.15) is 19.3 Å². The number of carbonyl (C=O) groups is 3. The maximum Gasteiger partial charge on any atom is 0.319 e. The van der Waals surface area contributed by atoms with Gasteiger partial charge in [-0.25, -0.2) is 4.79 Å². The van der Waals surface area contributed by atoms with Crippen LogP contribution < -0.4 is 0 Å². The third-order valence-electron chi connectivity index (χ3n) is 3.68. The van der Waals surface area contributed by atoms with Crippen LogP contribution in [0.25, 0.3) is 0 Å². The number of amides is 3. The molecule has 1 unspecified atom stereocenters. The number of piperidine rings is 1. The molecule has 0 N–H and O–H groups in total. The molecule has 1 rings (SSSR count). The van der Waals surface area contributed by atoms with Gasteiger partial charge in [0, 0.05) is 40.8 Å². The highest BCUT2D eigenvalue weighted by atomic mass is 16.5. The maximum atomic E-state index is 12.4. The van der Waals surface area contributed by atoms with Gasteiger partial charge in [0.2, 0.25) is 5.91 Å². The summed E-state index contributed by atoms with van der Waals surface area (Å²) in [6.45, 7) is 1.47. The summed E-state index contributed by atoms with van der Waals surface area (Å²) >= 11 is 0. The van der Waals surface area contributed by atoms with E-state index in [-0.39, 0.29) is 30.2 Å². The van der Waals surface area contributed by atoms with Gasteiger partial charge in [-0.15, -0.1) is 0 Å². The number of methoxy groups -OCH3 is 1. The predicted octanol–water partition coefficient (Wildman–Crippen LogP) is 0.402. The van der Waals surface area contributed by atoms with E-state index < -0.39 is 0 Å². The molecule has 1 atom stereocenters. The van der Waals surface area contributed by atoms with Crippen molar-refractivity contribution < 1.29 is 19.1 Å². The summed E-state index contributed by atoms with van der Waals surface area (Å²) in [5.41, 5.74) is 0. The lowest BCUT2D eigenvalue weighted by molar-refractivity contribution is -0.142. The number of carbonyl (C=O) groups excluding carboxylic acids is 3. The van der Waals surface area contributed by atoms with Gasteiger partial charge in [-0.3, -0.25) is 9.59 Å². The highest BCUT2D eigenvalue weighted by Gasteiger charge is 2.30. The van der Waals surface area contributed by atoms with E-state index in [0.717, 1.165) is 12.8 Å².